The van der Waals surface area contributed by atoms with Crippen LogP contribution in [0.4, 0.5) is 0 Å². The van der Waals surface area contributed by atoms with Crippen LogP contribution < -0.4 is 10.5 Å². The molecule has 1 unspecified atom stereocenters. The lowest BCUT2D eigenvalue weighted by molar-refractivity contribution is -0.136. The molecule has 0 fully saturated rings. The molecule has 18 heavy (non-hydrogen) atoms. The summed E-state index contributed by atoms with van der Waals surface area (Å²) < 4.78 is 5.65. The minimum atomic E-state index is -0.0774. The zero-order valence-electron chi connectivity index (χ0n) is 10.8. The standard InChI is InChI=1S/C14H20N2O2/c1-2-16(8-7-15)14(17)12-9-11-5-3-4-6-13(11)18-10-12/h3-6,12H,2,7-10,15H2,1H3. The van der Waals surface area contributed by atoms with Gasteiger partial charge in [0.15, 0.2) is 0 Å². The predicted molar refractivity (Wildman–Crippen MR) is 70.4 cm³/mol. The molecule has 0 saturated carbocycles. The summed E-state index contributed by atoms with van der Waals surface area (Å²) in [5, 5.41) is 0. The molecule has 0 spiro atoms. The van der Waals surface area contributed by atoms with Gasteiger partial charge in [-0.15, -0.1) is 0 Å². The Hall–Kier alpha value is -1.55. The smallest absolute Gasteiger partial charge is 0.229 e. The number of para-hydroxylation sites is 1. The molecule has 2 N–H and O–H groups in total. The van der Waals surface area contributed by atoms with Crippen molar-refractivity contribution in [2.24, 2.45) is 11.7 Å². The summed E-state index contributed by atoms with van der Waals surface area (Å²) in [6.07, 6.45) is 0.760. The third kappa shape index (κ3) is 2.64. The molecule has 1 aliphatic heterocycles. The Bertz CT molecular complexity index is 420. The van der Waals surface area contributed by atoms with Crippen LogP contribution in [0.25, 0.3) is 0 Å². The van der Waals surface area contributed by atoms with E-state index in [0.717, 1.165) is 17.7 Å². The van der Waals surface area contributed by atoms with E-state index in [9.17, 15) is 4.79 Å². The number of benzene rings is 1. The van der Waals surface area contributed by atoms with Gasteiger partial charge in [-0.1, -0.05) is 18.2 Å². The first-order chi connectivity index (χ1) is 8.76. The normalized spacial score (nSPS) is 17.8. The number of likely N-dealkylation sites (N-methyl/N-ethyl adjacent to an activating group) is 1. The van der Waals surface area contributed by atoms with Gasteiger partial charge in [-0.25, -0.2) is 0 Å². The molecule has 1 aliphatic rings. The second kappa shape index (κ2) is 5.87. The molecule has 0 aromatic heterocycles. The van der Waals surface area contributed by atoms with E-state index in [0.29, 0.717) is 26.2 Å². The Balaban J connectivity index is 2.06. The fourth-order valence-corrected chi connectivity index (χ4v) is 2.32. The number of fused-ring (bicyclic) bond motifs is 1. The van der Waals surface area contributed by atoms with Crippen LogP contribution in [0.5, 0.6) is 5.75 Å². The van der Waals surface area contributed by atoms with Crippen molar-refractivity contribution in [1.82, 2.24) is 4.90 Å². The van der Waals surface area contributed by atoms with Crippen molar-refractivity contribution in [3.8, 4) is 5.75 Å². The van der Waals surface area contributed by atoms with E-state index >= 15 is 0 Å². The van der Waals surface area contributed by atoms with Crippen molar-refractivity contribution in [3.05, 3.63) is 29.8 Å². The first kappa shape index (κ1) is 12.9. The van der Waals surface area contributed by atoms with Crippen molar-refractivity contribution < 1.29 is 9.53 Å². The van der Waals surface area contributed by atoms with Crippen LogP contribution in [0.2, 0.25) is 0 Å². The van der Waals surface area contributed by atoms with E-state index < -0.39 is 0 Å². The lowest BCUT2D eigenvalue weighted by Gasteiger charge is -2.29. The number of rotatable bonds is 4. The minimum Gasteiger partial charge on any atom is -0.492 e. The van der Waals surface area contributed by atoms with Crippen LogP contribution in [0.3, 0.4) is 0 Å². The quantitative estimate of drug-likeness (QED) is 0.866. The van der Waals surface area contributed by atoms with Crippen LogP contribution >= 0.6 is 0 Å². The minimum absolute atomic E-state index is 0.0774. The second-order valence-electron chi connectivity index (χ2n) is 4.53. The molecular weight excluding hydrogens is 228 g/mol. The number of carbonyl (C=O) groups is 1. The van der Waals surface area contributed by atoms with Gasteiger partial charge in [-0.2, -0.15) is 0 Å². The van der Waals surface area contributed by atoms with Gasteiger partial charge in [-0.05, 0) is 25.0 Å². The summed E-state index contributed by atoms with van der Waals surface area (Å²) in [6.45, 7) is 4.27. The van der Waals surface area contributed by atoms with E-state index in [2.05, 4.69) is 0 Å². The molecule has 1 aromatic carbocycles. The van der Waals surface area contributed by atoms with Crippen molar-refractivity contribution in [1.29, 1.82) is 0 Å². The fourth-order valence-electron chi connectivity index (χ4n) is 2.32. The van der Waals surface area contributed by atoms with E-state index in [1.54, 1.807) is 0 Å². The highest BCUT2D eigenvalue weighted by atomic mass is 16.5. The maximum Gasteiger partial charge on any atom is 0.229 e. The van der Waals surface area contributed by atoms with Crippen LogP contribution in [0, 0.1) is 5.92 Å². The maximum atomic E-state index is 12.3. The zero-order chi connectivity index (χ0) is 13.0. The number of hydrogen-bond acceptors (Lipinski definition) is 3. The van der Waals surface area contributed by atoms with Gasteiger partial charge >= 0.3 is 0 Å². The van der Waals surface area contributed by atoms with Crippen molar-refractivity contribution in [2.75, 3.05) is 26.2 Å². The number of amides is 1. The number of ether oxygens (including phenoxy) is 1. The highest BCUT2D eigenvalue weighted by Gasteiger charge is 2.28. The van der Waals surface area contributed by atoms with E-state index in [4.69, 9.17) is 10.5 Å². The summed E-state index contributed by atoms with van der Waals surface area (Å²) in [6, 6.07) is 7.90. The fraction of sp³-hybridized carbons (Fsp3) is 0.500. The Morgan fingerprint density at radius 1 is 1.50 bits per heavy atom. The van der Waals surface area contributed by atoms with E-state index in [1.807, 2.05) is 36.1 Å². The first-order valence-corrected chi connectivity index (χ1v) is 6.45. The Kier molecular flexibility index (Phi) is 4.20. The van der Waals surface area contributed by atoms with E-state index in [-0.39, 0.29) is 11.8 Å². The van der Waals surface area contributed by atoms with Gasteiger partial charge in [0, 0.05) is 19.6 Å². The summed E-state index contributed by atoms with van der Waals surface area (Å²) in [7, 11) is 0. The molecule has 1 heterocycles. The zero-order valence-corrected chi connectivity index (χ0v) is 10.8. The number of nitrogens with two attached hydrogens (primary N) is 1. The third-order valence-corrected chi connectivity index (χ3v) is 3.32. The third-order valence-electron chi connectivity index (χ3n) is 3.32. The molecule has 4 nitrogen and oxygen atoms in total. The average Bonchev–Trinajstić information content (AvgIpc) is 2.43. The Morgan fingerprint density at radius 3 is 3.00 bits per heavy atom. The van der Waals surface area contributed by atoms with Crippen LogP contribution in [-0.4, -0.2) is 37.0 Å². The lowest BCUT2D eigenvalue weighted by atomic mass is 9.95. The Labute approximate surface area is 108 Å². The number of nitrogens with zero attached hydrogens (tertiary/aromatic N) is 1. The SMILES string of the molecule is CCN(CCN)C(=O)C1COc2ccccc2C1. The molecule has 0 radical (unpaired) electrons. The van der Waals surface area contributed by atoms with Crippen LogP contribution in [0.15, 0.2) is 24.3 Å². The summed E-state index contributed by atoms with van der Waals surface area (Å²) in [4.78, 5) is 14.1. The predicted octanol–water partition coefficient (Wildman–Crippen LogP) is 1.04. The topological polar surface area (TPSA) is 55.6 Å². The van der Waals surface area contributed by atoms with Gasteiger partial charge < -0.3 is 15.4 Å². The highest BCUT2D eigenvalue weighted by Crippen LogP contribution is 2.27. The molecule has 1 aromatic rings. The summed E-state index contributed by atoms with van der Waals surface area (Å²) in [5.74, 6) is 0.979. The monoisotopic (exact) mass is 248 g/mol. The molecular formula is C14H20N2O2. The Morgan fingerprint density at radius 2 is 2.28 bits per heavy atom. The molecule has 1 amide bonds. The maximum absolute atomic E-state index is 12.3. The number of hydrogen-bond donors (Lipinski definition) is 1. The molecule has 0 aliphatic carbocycles. The summed E-state index contributed by atoms with van der Waals surface area (Å²) in [5.41, 5.74) is 6.64. The average molecular weight is 248 g/mol. The second-order valence-corrected chi connectivity index (χ2v) is 4.53. The molecule has 98 valence electrons. The molecule has 0 bridgehead atoms. The van der Waals surface area contributed by atoms with Crippen LogP contribution in [-0.2, 0) is 11.2 Å². The first-order valence-electron chi connectivity index (χ1n) is 6.45. The molecule has 1 atom stereocenters. The van der Waals surface area contributed by atoms with Gasteiger partial charge in [-0.3, -0.25) is 4.79 Å². The van der Waals surface area contributed by atoms with E-state index in [1.165, 1.54) is 0 Å². The lowest BCUT2D eigenvalue weighted by Crippen LogP contribution is -2.42. The van der Waals surface area contributed by atoms with Crippen molar-refractivity contribution in [2.45, 2.75) is 13.3 Å². The van der Waals surface area contributed by atoms with Gasteiger partial charge in [0.1, 0.15) is 12.4 Å². The number of carbonyl (C=O) groups excluding carboxylic acids is 1. The van der Waals surface area contributed by atoms with Gasteiger partial charge in [0.05, 0.1) is 5.92 Å². The van der Waals surface area contributed by atoms with Crippen molar-refractivity contribution in [3.63, 3.8) is 0 Å². The molecule has 4 heteroatoms. The molecule has 0 saturated heterocycles. The largest absolute Gasteiger partial charge is 0.492 e. The summed E-state index contributed by atoms with van der Waals surface area (Å²) >= 11 is 0. The van der Waals surface area contributed by atoms with Crippen molar-refractivity contribution >= 4 is 5.91 Å². The van der Waals surface area contributed by atoms with Gasteiger partial charge in [0.2, 0.25) is 5.91 Å². The van der Waals surface area contributed by atoms with Gasteiger partial charge in [0.25, 0.3) is 0 Å². The highest BCUT2D eigenvalue weighted by molar-refractivity contribution is 5.79. The van der Waals surface area contributed by atoms with Crippen LogP contribution in [0.1, 0.15) is 12.5 Å². The molecule has 2 rings (SSSR count).